The van der Waals surface area contributed by atoms with E-state index in [1.54, 1.807) is 0 Å². The van der Waals surface area contributed by atoms with Crippen molar-refractivity contribution in [2.75, 3.05) is 17.4 Å². The number of H-pyrrole nitrogens is 1. The van der Waals surface area contributed by atoms with E-state index in [0.717, 1.165) is 9.46 Å². The zero-order valence-corrected chi connectivity index (χ0v) is 15.0. The van der Waals surface area contributed by atoms with Gasteiger partial charge in [-0.15, -0.1) is 11.8 Å². The second-order valence-corrected chi connectivity index (χ2v) is 6.98. The fourth-order valence-electron chi connectivity index (χ4n) is 2.76. The van der Waals surface area contributed by atoms with Crippen LogP contribution in [-0.2, 0) is 9.53 Å². The highest BCUT2D eigenvalue weighted by atomic mass is 32.2. The van der Waals surface area contributed by atoms with Crippen molar-refractivity contribution >= 4 is 23.9 Å². The quantitative estimate of drug-likeness (QED) is 0.340. The number of nitrogens with one attached hydrogen (secondary N) is 1. The van der Waals surface area contributed by atoms with Crippen molar-refractivity contribution in [3.8, 4) is 0 Å². The molecular formula is C17H19N3O6S. The Morgan fingerprint density at radius 3 is 2.70 bits per heavy atom. The summed E-state index contributed by atoms with van der Waals surface area (Å²) >= 11 is 1.35. The standard InChI is InChI=1S/C17H19N3O6S/c21-8-14-13(23)6-15(26-14)20-7-12(16(24)18-17(20)25)19(9-22)10-27-11-4-2-1-3-5-11/h1-5,7,9,13-15,21,23H,6,8,10H2,(H,18,24,25)/t13-,14+,15+/m0/s1. The number of aliphatic hydroxyl groups is 2. The average molecular weight is 393 g/mol. The lowest BCUT2D eigenvalue weighted by Crippen LogP contribution is -2.37. The van der Waals surface area contributed by atoms with Crippen LogP contribution in [-0.4, -0.2) is 50.9 Å². The number of ether oxygens (including phenoxy) is 1. The maximum Gasteiger partial charge on any atom is 0.330 e. The lowest BCUT2D eigenvalue weighted by Gasteiger charge is -2.19. The van der Waals surface area contributed by atoms with Gasteiger partial charge in [0.25, 0.3) is 5.56 Å². The Kier molecular flexibility index (Phi) is 6.11. The molecule has 1 saturated heterocycles. The van der Waals surface area contributed by atoms with E-state index in [0.29, 0.717) is 6.41 Å². The molecule has 2 aromatic rings. The van der Waals surface area contributed by atoms with Gasteiger partial charge in [0.1, 0.15) is 18.0 Å². The van der Waals surface area contributed by atoms with Crippen molar-refractivity contribution in [1.82, 2.24) is 9.55 Å². The summed E-state index contributed by atoms with van der Waals surface area (Å²) in [5, 5.41) is 19.0. The number of aromatic amines is 1. The van der Waals surface area contributed by atoms with Crippen LogP contribution < -0.4 is 16.1 Å². The lowest BCUT2D eigenvalue weighted by atomic mass is 10.2. The van der Waals surface area contributed by atoms with Gasteiger partial charge < -0.3 is 14.9 Å². The van der Waals surface area contributed by atoms with Gasteiger partial charge in [0.15, 0.2) is 0 Å². The summed E-state index contributed by atoms with van der Waals surface area (Å²) in [5.74, 6) is 0.169. The molecular weight excluding hydrogens is 374 g/mol. The summed E-state index contributed by atoms with van der Waals surface area (Å²) in [7, 11) is 0. The Bertz CT molecular complexity index is 900. The van der Waals surface area contributed by atoms with E-state index < -0.39 is 36.3 Å². The van der Waals surface area contributed by atoms with Crippen LogP contribution in [0.5, 0.6) is 0 Å². The molecule has 1 aromatic carbocycles. The summed E-state index contributed by atoms with van der Waals surface area (Å²) in [6.07, 6.45) is -0.771. The molecule has 0 radical (unpaired) electrons. The molecule has 0 aliphatic carbocycles. The van der Waals surface area contributed by atoms with Crippen LogP contribution in [0.2, 0.25) is 0 Å². The number of thioether (sulfide) groups is 1. The number of nitrogens with zero attached hydrogens (tertiary/aromatic N) is 2. The number of anilines is 1. The molecule has 3 rings (SSSR count). The average Bonchev–Trinajstić information content (AvgIpc) is 3.05. The highest BCUT2D eigenvalue weighted by Gasteiger charge is 2.35. The molecule has 0 spiro atoms. The fraction of sp³-hybridized carbons (Fsp3) is 0.353. The number of hydrogen-bond donors (Lipinski definition) is 3. The van der Waals surface area contributed by atoms with Crippen molar-refractivity contribution in [2.24, 2.45) is 0 Å². The normalized spacial score (nSPS) is 21.9. The number of aliphatic hydroxyl groups excluding tert-OH is 2. The molecule has 9 nitrogen and oxygen atoms in total. The van der Waals surface area contributed by atoms with Gasteiger partial charge in [-0.2, -0.15) is 0 Å². The van der Waals surface area contributed by atoms with Gasteiger partial charge in [-0.05, 0) is 12.1 Å². The molecule has 3 N–H and O–H groups in total. The van der Waals surface area contributed by atoms with E-state index >= 15 is 0 Å². The van der Waals surface area contributed by atoms with E-state index in [1.807, 2.05) is 30.3 Å². The molecule has 144 valence electrons. The lowest BCUT2D eigenvalue weighted by molar-refractivity contribution is -0.107. The number of amides is 1. The zero-order chi connectivity index (χ0) is 19.4. The van der Waals surface area contributed by atoms with Crippen molar-refractivity contribution in [2.45, 2.75) is 29.8 Å². The maximum absolute atomic E-state index is 12.2. The third kappa shape index (κ3) is 4.30. The minimum absolute atomic E-state index is 0.0152. The van der Waals surface area contributed by atoms with E-state index in [2.05, 4.69) is 4.98 Å². The third-order valence-corrected chi connectivity index (χ3v) is 5.21. The third-order valence-electron chi connectivity index (χ3n) is 4.19. The number of aromatic nitrogens is 2. The first-order valence-electron chi connectivity index (χ1n) is 8.23. The molecule has 2 heterocycles. The summed E-state index contributed by atoms with van der Waals surface area (Å²) in [4.78, 5) is 40.1. The van der Waals surface area contributed by atoms with Crippen LogP contribution in [0.1, 0.15) is 12.6 Å². The van der Waals surface area contributed by atoms with Gasteiger partial charge in [-0.3, -0.25) is 24.0 Å². The predicted octanol–water partition coefficient (Wildman–Crippen LogP) is -0.110. The van der Waals surface area contributed by atoms with E-state index in [1.165, 1.54) is 22.9 Å². The second-order valence-electron chi connectivity index (χ2n) is 5.96. The number of carbonyl (C=O) groups excluding carboxylic acids is 1. The first-order valence-corrected chi connectivity index (χ1v) is 9.21. The Morgan fingerprint density at radius 1 is 1.33 bits per heavy atom. The largest absolute Gasteiger partial charge is 0.394 e. The van der Waals surface area contributed by atoms with Gasteiger partial charge in [-0.25, -0.2) is 4.79 Å². The Labute approximate surface area is 158 Å². The van der Waals surface area contributed by atoms with E-state index in [-0.39, 0.29) is 18.0 Å². The van der Waals surface area contributed by atoms with Crippen LogP contribution in [0, 0.1) is 0 Å². The highest BCUT2D eigenvalue weighted by Crippen LogP contribution is 2.28. The fourth-order valence-corrected chi connectivity index (χ4v) is 3.60. The first-order chi connectivity index (χ1) is 13.0. The number of benzene rings is 1. The van der Waals surface area contributed by atoms with Gasteiger partial charge in [0, 0.05) is 17.5 Å². The number of rotatable bonds is 7. The van der Waals surface area contributed by atoms with Crippen LogP contribution in [0.4, 0.5) is 5.69 Å². The van der Waals surface area contributed by atoms with Gasteiger partial charge in [0.2, 0.25) is 6.41 Å². The molecule has 0 bridgehead atoms. The predicted molar refractivity (Wildman–Crippen MR) is 98.7 cm³/mol. The summed E-state index contributed by atoms with van der Waals surface area (Å²) in [5.41, 5.74) is -1.44. The molecule has 1 aromatic heterocycles. The van der Waals surface area contributed by atoms with Gasteiger partial charge in [0.05, 0.1) is 18.6 Å². The summed E-state index contributed by atoms with van der Waals surface area (Å²) < 4.78 is 6.57. The summed E-state index contributed by atoms with van der Waals surface area (Å²) in [6.45, 7) is -0.392. The van der Waals surface area contributed by atoms with Gasteiger partial charge >= 0.3 is 5.69 Å². The smallest absolute Gasteiger partial charge is 0.330 e. The Balaban J connectivity index is 1.85. The Morgan fingerprint density at radius 2 is 2.07 bits per heavy atom. The molecule has 1 amide bonds. The van der Waals surface area contributed by atoms with E-state index in [9.17, 15) is 24.6 Å². The molecule has 0 unspecified atom stereocenters. The number of hydrogen-bond acceptors (Lipinski definition) is 7. The molecule has 3 atom stereocenters. The van der Waals surface area contributed by atoms with Crippen molar-refractivity contribution < 1.29 is 19.7 Å². The zero-order valence-electron chi connectivity index (χ0n) is 14.2. The SMILES string of the molecule is O=CN(CSc1ccccc1)c1cn([C@H]2C[C@H](O)[C@@H](CO)O2)c(=O)[nH]c1=O. The molecule has 10 heteroatoms. The highest BCUT2D eigenvalue weighted by molar-refractivity contribution is 7.99. The first kappa shape index (κ1) is 19.4. The van der Waals surface area contributed by atoms with Crippen molar-refractivity contribution in [1.29, 1.82) is 0 Å². The molecule has 1 fully saturated rings. The van der Waals surface area contributed by atoms with Crippen LogP contribution in [0.25, 0.3) is 0 Å². The topological polar surface area (TPSA) is 125 Å². The van der Waals surface area contributed by atoms with E-state index in [4.69, 9.17) is 4.74 Å². The number of carbonyl (C=O) groups is 1. The van der Waals surface area contributed by atoms with Crippen molar-refractivity contribution in [3.63, 3.8) is 0 Å². The van der Waals surface area contributed by atoms with Gasteiger partial charge in [-0.1, -0.05) is 18.2 Å². The molecule has 0 saturated carbocycles. The molecule has 1 aliphatic heterocycles. The minimum Gasteiger partial charge on any atom is -0.394 e. The second kappa shape index (κ2) is 8.53. The van der Waals surface area contributed by atoms with Crippen LogP contribution in [0.3, 0.4) is 0 Å². The Hall–Kier alpha value is -2.40. The monoisotopic (exact) mass is 393 g/mol. The molecule has 27 heavy (non-hydrogen) atoms. The van der Waals surface area contributed by atoms with Crippen molar-refractivity contribution in [3.05, 3.63) is 57.4 Å². The molecule has 1 aliphatic rings. The van der Waals surface area contributed by atoms with Crippen LogP contribution in [0.15, 0.2) is 51.0 Å². The minimum atomic E-state index is -0.932. The van der Waals surface area contributed by atoms with Crippen LogP contribution >= 0.6 is 11.8 Å². The maximum atomic E-state index is 12.2. The summed E-state index contributed by atoms with van der Waals surface area (Å²) in [6, 6.07) is 9.35.